The number of fused-ring (bicyclic) bond motifs is 1. The van der Waals surface area contributed by atoms with E-state index in [-0.39, 0.29) is 0 Å². The van der Waals surface area contributed by atoms with Crippen molar-refractivity contribution in [2.24, 2.45) is 0 Å². The van der Waals surface area contributed by atoms with E-state index in [9.17, 15) is 0 Å². The predicted molar refractivity (Wildman–Crippen MR) is 76.6 cm³/mol. The normalized spacial score (nSPS) is 22.9. The first-order chi connectivity index (χ1) is 9.38. The van der Waals surface area contributed by atoms with Gasteiger partial charge in [-0.15, -0.1) is 11.3 Å². The minimum Gasteiger partial charge on any atom is -0.314 e. The van der Waals surface area contributed by atoms with Gasteiger partial charge in [0.2, 0.25) is 0 Å². The molecular weight excluding hydrogens is 258 g/mol. The summed E-state index contributed by atoms with van der Waals surface area (Å²) in [6, 6.07) is 0.792. The Kier molecular flexibility index (Phi) is 3.03. The Balaban J connectivity index is 1.35. The van der Waals surface area contributed by atoms with Crippen LogP contribution in [0.3, 0.4) is 0 Å². The van der Waals surface area contributed by atoms with E-state index in [2.05, 4.69) is 42.3 Å². The zero-order valence-electron chi connectivity index (χ0n) is 11.0. The molecular formula is C13H19N5S. The van der Waals surface area contributed by atoms with Gasteiger partial charge in [0.15, 0.2) is 4.96 Å². The monoisotopic (exact) mass is 277 g/mol. The molecule has 2 saturated heterocycles. The molecule has 4 rings (SSSR count). The maximum Gasteiger partial charge on any atom is 0.193 e. The number of piperazine rings is 1. The van der Waals surface area contributed by atoms with Crippen LogP contribution in [0.5, 0.6) is 0 Å². The first kappa shape index (κ1) is 11.8. The highest BCUT2D eigenvalue weighted by atomic mass is 32.1. The fraction of sp³-hybridized carbons (Fsp3) is 0.615. The third-order valence-corrected chi connectivity index (χ3v) is 4.98. The molecule has 5 nitrogen and oxygen atoms in total. The summed E-state index contributed by atoms with van der Waals surface area (Å²) in [6.07, 6.45) is 4.24. The molecule has 0 saturated carbocycles. The second kappa shape index (κ2) is 4.86. The van der Waals surface area contributed by atoms with Gasteiger partial charge >= 0.3 is 0 Å². The van der Waals surface area contributed by atoms with Gasteiger partial charge in [-0.2, -0.15) is 0 Å². The lowest BCUT2D eigenvalue weighted by molar-refractivity contribution is 0.0691. The van der Waals surface area contributed by atoms with E-state index < -0.39 is 0 Å². The molecule has 2 aromatic rings. The molecule has 0 atom stereocenters. The van der Waals surface area contributed by atoms with E-state index in [1.165, 1.54) is 45.0 Å². The van der Waals surface area contributed by atoms with Crippen LogP contribution in [0.25, 0.3) is 4.96 Å². The summed E-state index contributed by atoms with van der Waals surface area (Å²) in [5.41, 5.74) is 1.20. The Morgan fingerprint density at radius 3 is 2.79 bits per heavy atom. The highest BCUT2D eigenvalue weighted by Gasteiger charge is 2.27. The number of aromatic nitrogens is 2. The van der Waals surface area contributed by atoms with Crippen molar-refractivity contribution in [2.45, 2.75) is 12.6 Å². The number of nitrogens with one attached hydrogen (secondary N) is 1. The molecule has 0 spiro atoms. The van der Waals surface area contributed by atoms with Crippen LogP contribution in [0.15, 0.2) is 17.8 Å². The fourth-order valence-corrected chi connectivity index (χ4v) is 3.62. The summed E-state index contributed by atoms with van der Waals surface area (Å²) in [6.45, 7) is 8.09. The standard InChI is InChI=1S/C13H19N5S/c1-3-17(12-7-14-8-12)4-2-16(1)9-11-10-18-5-6-19-13(18)15-11/h5-6,10,12,14H,1-4,7-9H2. The maximum absolute atomic E-state index is 4.66. The third-order valence-electron chi connectivity index (χ3n) is 4.21. The van der Waals surface area contributed by atoms with Crippen molar-refractivity contribution in [3.05, 3.63) is 23.5 Å². The third kappa shape index (κ3) is 2.29. The molecule has 0 aromatic carbocycles. The second-order valence-electron chi connectivity index (χ2n) is 5.45. The molecule has 0 aliphatic carbocycles. The van der Waals surface area contributed by atoms with Crippen molar-refractivity contribution < 1.29 is 0 Å². The molecule has 4 heterocycles. The molecule has 0 bridgehead atoms. The summed E-state index contributed by atoms with van der Waals surface area (Å²) in [7, 11) is 0. The minimum atomic E-state index is 0.792. The zero-order chi connectivity index (χ0) is 12.7. The van der Waals surface area contributed by atoms with Crippen molar-refractivity contribution in [3.8, 4) is 0 Å². The summed E-state index contributed by atoms with van der Waals surface area (Å²) in [5.74, 6) is 0. The lowest BCUT2D eigenvalue weighted by Crippen LogP contribution is -2.61. The first-order valence-electron chi connectivity index (χ1n) is 6.97. The Bertz CT molecular complexity index is 522. The second-order valence-corrected chi connectivity index (χ2v) is 6.32. The van der Waals surface area contributed by atoms with Crippen LogP contribution in [0, 0.1) is 0 Å². The molecule has 19 heavy (non-hydrogen) atoms. The minimum absolute atomic E-state index is 0.792. The van der Waals surface area contributed by atoms with Gasteiger partial charge in [-0.1, -0.05) is 0 Å². The molecule has 2 aliphatic rings. The van der Waals surface area contributed by atoms with Crippen molar-refractivity contribution in [1.82, 2.24) is 24.5 Å². The largest absolute Gasteiger partial charge is 0.314 e. The Morgan fingerprint density at radius 2 is 2.11 bits per heavy atom. The average molecular weight is 277 g/mol. The smallest absolute Gasteiger partial charge is 0.193 e. The molecule has 6 heteroatoms. The van der Waals surface area contributed by atoms with Crippen molar-refractivity contribution in [1.29, 1.82) is 0 Å². The lowest BCUT2D eigenvalue weighted by atomic mass is 10.1. The number of rotatable bonds is 3. The average Bonchev–Trinajstić information content (AvgIpc) is 2.90. The van der Waals surface area contributed by atoms with Gasteiger partial charge < -0.3 is 5.32 Å². The molecule has 0 amide bonds. The van der Waals surface area contributed by atoms with E-state index in [0.29, 0.717) is 0 Å². The van der Waals surface area contributed by atoms with Crippen LogP contribution in [0.1, 0.15) is 5.69 Å². The number of hydrogen-bond donors (Lipinski definition) is 1. The van der Waals surface area contributed by atoms with Gasteiger partial charge in [0.1, 0.15) is 0 Å². The molecule has 1 N–H and O–H groups in total. The van der Waals surface area contributed by atoms with Gasteiger partial charge in [0.25, 0.3) is 0 Å². The highest BCUT2D eigenvalue weighted by Crippen LogP contribution is 2.15. The zero-order valence-corrected chi connectivity index (χ0v) is 11.8. The fourth-order valence-electron chi connectivity index (χ4n) is 2.90. The molecule has 2 aromatic heterocycles. The number of thiazole rings is 1. The van der Waals surface area contributed by atoms with Gasteiger partial charge in [-0.05, 0) is 0 Å². The molecule has 102 valence electrons. The van der Waals surface area contributed by atoms with Gasteiger partial charge in [-0.25, -0.2) is 4.98 Å². The van der Waals surface area contributed by atoms with E-state index in [1.807, 2.05) is 0 Å². The SMILES string of the molecule is c1cn2cc(CN3CCN(C4CNC4)CC3)nc2s1. The van der Waals surface area contributed by atoms with E-state index in [4.69, 9.17) is 0 Å². The van der Waals surface area contributed by atoms with Crippen LogP contribution in [-0.2, 0) is 6.54 Å². The summed E-state index contributed by atoms with van der Waals surface area (Å²) in [4.78, 5) is 10.9. The summed E-state index contributed by atoms with van der Waals surface area (Å²) in [5, 5.41) is 5.44. The lowest BCUT2D eigenvalue weighted by Gasteiger charge is -2.43. The molecule has 2 aliphatic heterocycles. The summed E-state index contributed by atoms with van der Waals surface area (Å²) >= 11 is 1.70. The number of hydrogen-bond acceptors (Lipinski definition) is 5. The van der Waals surface area contributed by atoms with Crippen molar-refractivity contribution in [2.75, 3.05) is 39.3 Å². The van der Waals surface area contributed by atoms with Crippen LogP contribution in [0.4, 0.5) is 0 Å². The van der Waals surface area contributed by atoms with E-state index >= 15 is 0 Å². The Morgan fingerprint density at radius 1 is 1.26 bits per heavy atom. The molecule has 0 radical (unpaired) electrons. The summed E-state index contributed by atoms with van der Waals surface area (Å²) < 4.78 is 2.12. The van der Waals surface area contributed by atoms with Crippen LogP contribution >= 0.6 is 11.3 Å². The van der Waals surface area contributed by atoms with E-state index in [1.54, 1.807) is 11.3 Å². The first-order valence-corrected chi connectivity index (χ1v) is 7.85. The van der Waals surface area contributed by atoms with Gasteiger partial charge in [-0.3, -0.25) is 14.2 Å². The Labute approximate surface area is 116 Å². The molecule has 2 fully saturated rings. The van der Waals surface area contributed by atoms with Gasteiger partial charge in [0.05, 0.1) is 5.69 Å². The van der Waals surface area contributed by atoms with Gasteiger partial charge in [0, 0.05) is 69.6 Å². The molecule has 0 unspecified atom stereocenters. The topological polar surface area (TPSA) is 35.8 Å². The predicted octanol–water partition coefficient (Wildman–Crippen LogP) is 0.485. The quantitative estimate of drug-likeness (QED) is 0.885. The Hall–Kier alpha value is -0.950. The van der Waals surface area contributed by atoms with Crippen LogP contribution in [0.2, 0.25) is 0 Å². The number of nitrogens with zero attached hydrogens (tertiary/aromatic N) is 4. The maximum atomic E-state index is 4.66. The van der Waals surface area contributed by atoms with Crippen molar-refractivity contribution in [3.63, 3.8) is 0 Å². The van der Waals surface area contributed by atoms with Crippen molar-refractivity contribution >= 4 is 16.3 Å². The van der Waals surface area contributed by atoms with Crippen LogP contribution < -0.4 is 5.32 Å². The highest BCUT2D eigenvalue weighted by molar-refractivity contribution is 7.15. The van der Waals surface area contributed by atoms with E-state index in [0.717, 1.165) is 17.5 Å². The number of imidazole rings is 1. The van der Waals surface area contributed by atoms with Crippen LogP contribution in [-0.4, -0.2) is 64.5 Å².